The van der Waals surface area contributed by atoms with Crippen molar-refractivity contribution in [3.63, 3.8) is 0 Å². The Labute approximate surface area is 134 Å². The van der Waals surface area contributed by atoms with E-state index in [0.29, 0.717) is 34.8 Å². The molecular weight excluding hydrogens is 292 g/mol. The Bertz CT molecular complexity index is 861. The molecule has 0 aliphatic heterocycles. The van der Waals surface area contributed by atoms with Gasteiger partial charge < -0.3 is 13.9 Å². The van der Waals surface area contributed by atoms with Gasteiger partial charge in [0.25, 0.3) is 0 Å². The Hall–Kier alpha value is -2.75. The van der Waals surface area contributed by atoms with Crippen molar-refractivity contribution in [1.82, 2.24) is 0 Å². The van der Waals surface area contributed by atoms with Crippen molar-refractivity contribution in [3.05, 3.63) is 59.4 Å². The van der Waals surface area contributed by atoms with E-state index in [-0.39, 0.29) is 5.78 Å². The van der Waals surface area contributed by atoms with Crippen LogP contribution < -0.4 is 9.47 Å². The molecule has 118 valence electrons. The Morgan fingerprint density at radius 3 is 2.48 bits per heavy atom. The monoisotopic (exact) mass is 310 g/mol. The zero-order valence-corrected chi connectivity index (χ0v) is 13.4. The number of aryl methyl sites for hydroxylation is 1. The molecule has 0 amide bonds. The lowest BCUT2D eigenvalue weighted by Crippen LogP contribution is -2.04. The molecule has 0 aliphatic rings. The van der Waals surface area contributed by atoms with Crippen molar-refractivity contribution in [2.24, 2.45) is 0 Å². The highest BCUT2D eigenvalue weighted by Gasteiger charge is 2.21. The topological polar surface area (TPSA) is 48.7 Å². The average Bonchev–Trinajstić information content (AvgIpc) is 2.99. The predicted octanol–water partition coefficient (Wildman–Crippen LogP) is 4.24. The molecule has 1 heterocycles. The highest BCUT2D eigenvalue weighted by atomic mass is 16.5. The summed E-state index contributed by atoms with van der Waals surface area (Å²) in [6.07, 6.45) is 0.656. The van der Waals surface area contributed by atoms with Gasteiger partial charge in [-0.05, 0) is 24.3 Å². The first-order chi connectivity index (χ1) is 11.2. The largest absolute Gasteiger partial charge is 0.493 e. The summed E-state index contributed by atoms with van der Waals surface area (Å²) < 4.78 is 16.3. The Morgan fingerprint density at radius 1 is 1.04 bits per heavy atom. The first kappa shape index (κ1) is 15.2. The van der Waals surface area contributed by atoms with Crippen LogP contribution in [-0.2, 0) is 6.42 Å². The van der Waals surface area contributed by atoms with E-state index in [1.165, 1.54) is 0 Å². The molecule has 4 heteroatoms. The highest BCUT2D eigenvalue weighted by Crippen LogP contribution is 2.32. The number of para-hydroxylation sites is 1. The fraction of sp³-hybridized carbons (Fsp3) is 0.211. The Balaban J connectivity index is 2.14. The van der Waals surface area contributed by atoms with Crippen LogP contribution in [0.25, 0.3) is 11.0 Å². The number of ether oxygens (including phenoxy) is 2. The van der Waals surface area contributed by atoms with E-state index >= 15 is 0 Å². The number of fused-ring (bicyclic) bond motifs is 1. The Kier molecular flexibility index (Phi) is 4.06. The zero-order chi connectivity index (χ0) is 16.4. The van der Waals surface area contributed by atoms with Crippen molar-refractivity contribution >= 4 is 16.8 Å². The summed E-state index contributed by atoms with van der Waals surface area (Å²) in [5.74, 6) is 1.75. The maximum absolute atomic E-state index is 13.0. The molecule has 2 aromatic carbocycles. The van der Waals surface area contributed by atoms with Crippen LogP contribution in [0, 0.1) is 0 Å². The number of carbonyl (C=O) groups is 1. The van der Waals surface area contributed by atoms with E-state index in [9.17, 15) is 4.79 Å². The van der Waals surface area contributed by atoms with Gasteiger partial charge in [0, 0.05) is 17.4 Å². The maximum Gasteiger partial charge on any atom is 0.197 e. The third-order valence-corrected chi connectivity index (χ3v) is 3.86. The second-order valence-electron chi connectivity index (χ2n) is 5.15. The lowest BCUT2D eigenvalue weighted by atomic mass is 9.99. The number of rotatable bonds is 5. The molecule has 0 N–H and O–H groups in total. The number of benzene rings is 2. The van der Waals surface area contributed by atoms with Crippen molar-refractivity contribution in [2.75, 3.05) is 14.2 Å². The van der Waals surface area contributed by atoms with Gasteiger partial charge in [0.05, 0.1) is 19.8 Å². The van der Waals surface area contributed by atoms with Gasteiger partial charge in [0.15, 0.2) is 17.3 Å². The van der Waals surface area contributed by atoms with Crippen LogP contribution in [0.5, 0.6) is 11.5 Å². The van der Waals surface area contributed by atoms with E-state index in [1.807, 2.05) is 31.2 Å². The number of ketones is 1. The van der Waals surface area contributed by atoms with Gasteiger partial charge in [-0.15, -0.1) is 0 Å². The summed E-state index contributed by atoms with van der Waals surface area (Å²) in [5, 5.41) is 0.837. The van der Waals surface area contributed by atoms with Crippen molar-refractivity contribution < 1.29 is 18.7 Å². The minimum Gasteiger partial charge on any atom is -0.493 e. The van der Waals surface area contributed by atoms with E-state index in [0.717, 1.165) is 11.0 Å². The first-order valence-electron chi connectivity index (χ1n) is 7.46. The number of hydrogen-bond acceptors (Lipinski definition) is 4. The molecule has 0 atom stereocenters. The number of methoxy groups -OCH3 is 2. The van der Waals surface area contributed by atoms with E-state index < -0.39 is 0 Å². The van der Waals surface area contributed by atoms with Crippen LogP contribution >= 0.6 is 0 Å². The molecule has 4 nitrogen and oxygen atoms in total. The molecule has 3 rings (SSSR count). The second-order valence-corrected chi connectivity index (χ2v) is 5.15. The van der Waals surface area contributed by atoms with E-state index in [4.69, 9.17) is 13.9 Å². The van der Waals surface area contributed by atoms with Crippen molar-refractivity contribution in [2.45, 2.75) is 13.3 Å². The molecule has 3 aromatic rings. The van der Waals surface area contributed by atoms with Gasteiger partial charge >= 0.3 is 0 Å². The Morgan fingerprint density at radius 2 is 1.78 bits per heavy atom. The quantitative estimate of drug-likeness (QED) is 0.661. The third kappa shape index (κ3) is 2.57. The minimum atomic E-state index is -0.0762. The van der Waals surface area contributed by atoms with Gasteiger partial charge in [-0.25, -0.2) is 0 Å². The maximum atomic E-state index is 13.0. The normalized spacial score (nSPS) is 10.7. The summed E-state index contributed by atoms with van der Waals surface area (Å²) in [6, 6.07) is 12.8. The number of hydrogen-bond donors (Lipinski definition) is 0. The fourth-order valence-corrected chi connectivity index (χ4v) is 2.72. The summed E-state index contributed by atoms with van der Waals surface area (Å²) in [5.41, 5.74) is 1.90. The molecular formula is C19H18O4. The van der Waals surface area contributed by atoms with Gasteiger partial charge in [-0.2, -0.15) is 0 Å². The zero-order valence-electron chi connectivity index (χ0n) is 13.4. The van der Waals surface area contributed by atoms with Gasteiger partial charge in [0.2, 0.25) is 0 Å². The van der Waals surface area contributed by atoms with Gasteiger partial charge in [0.1, 0.15) is 11.3 Å². The first-order valence-corrected chi connectivity index (χ1v) is 7.46. The molecule has 0 fully saturated rings. The average molecular weight is 310 g/mol. The SMILES string of the molecule is CCc1oc2ccccc2c1C(=O)c1ccc(OC)c(OC)c1. The third-order valence-electron chi connectivity index (χ3n) is 3.86. The van der Waals surface area contributed by atoms with Crippen LogP contribution in [0.4, 0.5) is 0 Å². The number of carbonyl (C=O) groups excluding carboxylic acids is 1. The van der Waals surface area contributed by atoms with Crippen LogP contribution in [0.2, 0.25) is 0 Å². The molecule has 23 heavy (non-hydrogen) atoms. The molecule has 0 radical (unpaired) electrons. The smallest absolute Gasteiger partial charge is 0.197 e. The molecule has 0 aliphatic carbocycles. The lowest BCUT2D eigenvalue weighted by Gasteiger charge is -2.09. The van der Waals surface area contributed by atoms with Crippen LogP contribution in [-0.4, -0.2) is 20.0 Å². The fourth-order valence-electron chi connectivity index (χ4n) is 2.72. The summed E-state index contributed by atoms with van der Waals surface area (Å²) in [4.78, 5) is 13.0. The molecule has 0 unspecified atom stereocenters. The highest BCUT2D eigenvalue weighted by molar-refractivity contribution is 6.17. The molecule has 0 spiro atoms. The van der Waals surface area contributed by atoms with Crippen LogP contribution in [0.1, 0.15) is 28.6 Å². The molecule has 0 saturated carbocycles. The van der Waals surface area contributed by atoms with Crippen molar-refractivity contribution in [1.29, 1.82) is 0 Å². The van der Waals surface area contributed by atoms with E-state index in [2.05, 4.69) is 0 Å². The summed E-state index contributed by atoms with van der Waals surface area (Å²) >= 11 is 0. The standard InChI is InChI=1S/C19H18O4/c1-4-14-18(13-7-5-6-8-15(13)23-14)19(20)12-9-10-16(21-2)17(11-12)22-3/h5-11H,4H2,1-3H3. The predicted molar refractivity (Wildman–Crippen MR) is 88.6 cm³/mol. The van der Waals surface area contributed by atoms with Crippen molar-refractivity contribution in [3.8, 4) is 11.5 Å². The number of furan rings is 1. The van der Waals surface area contributed by atoms with E-state index in [1.54, 1.807) is 32.4 Å². The molecule has 0 saturated heterocycles. The molecule has 0 bridgehead atoms. The summed E-state index contributed by atoms with van der Waals surface area (Å²) in [6.45, 7) is 1.98. The molecule has 1 aromatic heterocycles. The van der Waals surface area contributed by atoms with Gasteiger partial charge in [-0.3, -0.25) is 4.79 Å². The van der Waals surface area contributed by atoms with Crippen LogP contribution in [0.3, 0.4) is 0 Å². The van der Waals surface area contributed by atoms with Crippen LogP contribution in [0.15, 0.2) is 46.9 Å². The second kappa shape index (κ2) is 6.16. The summed E-state index contributed by atoms with van der Waals surface area (Å²) in [7, 11) is 3.12. The van der Waals surface area contributed by atoms with Gasteiger partial charge in [-0.1, -0.05) is 25.1 Å². The minimum absolute atomic E-state index is 0.0762. The lowest BCUT2D eigenvalue weighted by molar-refractivity contribution is 0.103.